The van der Waals surface area contributed by atoms with Gasteiger partial charge in [-0.1, -0.05) is 30.3 Å². The predicted octanol–water partition coefficient (Wildman–Crippen LogP) is 4.26. The highest BCUT2D eigenvalue weighted by Crippen LogP contribution is 2.45. The number of hydrogen-bond donors (Lipinski definition) is 3. The van der Waals surface area contributed by atoms with E-state index in [2.05, 4.69) is 31.9 Å². The number of nitrogens with one attached hydrogen (secondary N) is 3. The Kier molecular flexibility index (Phi) is 8.21. The highest BCUT2D eigenvalue weighted by molar-refractivity contribution is 7.91. The van der Waals surface area contributed by atoms with E-state index in [9.17, 15) is 31.2 Å². The number of rotatable bonds is 9. The number of ether oxygens (including phenoxy) is 1. The molecule has 3 fully saturated rings. The Morgan fingerprint density at radius 2 is 1.83 bits per heavy atom. The average Bonchev–Trinajstić information content (AvgIpc) is 3.92. The monoisotopic (exact) mass is 691 g/mol. The molecule has 0 spiro atoms. The molecule has 3 heterocycles. The van der Waals surface area contributed by atoms with Crippen molar-refractivity contribution < 1.29 is 40.3 Å². The van der Waals surface area contributed by atoms with Crippen molar-refractivity contribution in [1.82, 2.24) is 25.3 Å². The minimum absolute atomic E-state index is 0. The number of aromatic nitrogens is 2. The minimum atomic E-state index is -4.50. The van der Waals surface area contributed by atoms with Crippen molar-refractivity contribution in [2.75, 3.05) is 6.54 Å². The van der Waals surface area contributed by atoms with Crippen LogP contribution >= 0.6 is 12.4 Å². The zero-order valence-electron chi connectivity index (χ0n) is 24.5. The molecule has 2 amide bonds. The maximum atomic E-state index is 13.3. The van der Waals surface area contributed by atoms with Crippen LogP contribution in [-0.4, -0.2) is 59.7 Å². The molecule has 1 unspecified atom stereocenters. The van der Waals surface area contributed by atoms with Gasteiger partial charge in [-0.3, -0.25) is 14.3 Å². The molecule has 16 heteroatoms. The van der Waals surface area contributed by atoms with Gasteiger partial charge in [-0.25, -0.2) is 13.4 Å². The Balaban J connectivity index is 0.00000386. The number of para-hydroxylation sites is 1. The smallest absolute Gasteiger partial charge is 0.416 e. The van der Waals surface area contributed by atoms with Crippen LogP contribution in [0.2, 0.25) is 0 Å². The molecule has 4 atom stereocenters. The topological polar surface area (TPSA) is 153 Å². The molecule has 2 aliphatic carbocycles. The summed E-state index contributed by atoms with van der Waals surface area (Å²) in [6.45, 7) is 3.93. The van der Waals surface area contributed by atoms with Crippen molar-refractivity contribution in [3.05, 3.63) is 66.7 Å². The average molecular weight is 692 g/mol. The maximum Gasteiger partial charge on any atom is 0.416 e. The SMILES string of the molecule is C=C[C@@H]1CC1(NC(=O)[C@@H]1C[C@@H](Oc2nc(-c3ccc(C(F)(F)F)cc3)nc3c2oc2ccccc23)CN1)C(=O)NS(=O)(=O)C1CC1.Cl. The van der Waals surface area contributed by atoms with Gasteiger partial charge in [0.1, 0.15) is 22.7 Å². The summed E-state index contributed by atoms with van der Waals surface area (Å²) in [5.74, 6) is -1.53. The van der Waals surface area contributed by atoms with Gasteiger partial charge in [-0.15, -0.1) is 19.0 Å². The highest BCUT2D eigenvalue weighted by atomic mass is 35.5. The molecule has 4 aromatic rings. The fraction of sp³-hybridized carbons (Fsp3) is 0.355. The molecular weight excluding hydrogens is 663 g/mol. The number of carbonyl (C=O) groups excluding carboxylic acids is 2. The normalized spacial score (nSPS) is 24.0. The number of fused-ring (bicyclic) bond motifs is 3. The van der Waals surface area contributed by atoms with Crippen LogP contribution in [0.25, 0.3) is 33.5 Å². The Morgan fingerprint density at radius 3 is 2.49 bits per heavy atom. The van der Waals surface area contributed by atoms with Gasteiger partial charge in [0, 0.05) is 29.8 Å². The summed E-state index contributed by atoms with van der Waals surface area (Å²) in [7, 11) is -3.81. The number of hydrogen-bond acceptors (Lipinski definition) is 9. The Hall–Kier alpha value is -4.21. The van der Waals surface area contributed by atoms with Gasteiger partial charge in [0.15, 0.2) is 5.82 Å². The van der Waals surface area contributed by atoms with Gasteiger partial charge in [0.25, 0.3) is 11.8 Å². The molecule has 1 saturated heterocycles. The second-order valence-electron chi connectivity index (χ2n) is 11.8. The number of sulfonamides is 1. The first-order valence-electron chi connectivity index (χ1n) is 14.7. The van der Waals surface area contributed by atoms with Crippen molar-refractivity contribution in [3.63, 3.8) is 0 Å². The van der Waals surface area contributed by atoms with E-state index in [4.69, 9.17) is 9.15 Å². The van der Waals surface area contributed by atoms with E-state index in [1.807, 2.05) is 0 Å². The Morgan fingerprint density at radius 1 is 1.11 bits per heavy atom. The molecule has 2 saturated carbocycles. The molecule has 3 N–H and O–H groups in total. The molecule has 0 radical (unpaired) electrons. The predicted molar refractivity (Wildman–Crippen MR) is 167 cm³/mol. The van der Waals surface area contributed by atoms with Gasteiger partial charge in [-0.05, 0) is 43.5 Å². The maximum absolute atomic E-state index is 13.3. The lowest BCUT2D eigenvalue weighted by Gasteiger charge is -2.21. The van der Waals surface area contributed by atoms with Crippen LogP contribution in [0.4, 0.5) is 13.2 Å². The lowest BCUT2D eigenvalue weighted by molar-refractivity contribution is -0.137. The van der Waals surface area contributed by atoms with E-state index in [0.717, 1.165) is 12.1 Å². The van der Waals surface area contributed by atoms with Crippen LogP contribution in [-0.2, 0) is 25.8 Å². The van der Waals surface area contributed by atoms with Crippen molar-refractivity contribution in [2.45, 2.75) is 54.8 Å². The molecule has 248 valence electrons. The summed E-state index contributed by atoms with van der Waals surface area (Å²) < 4.78 is 78.6. The summed E-state index contributed by atoms with van der Waals surface area (Å²) in [6, 6.07) is 10.8. The number of nitrogens with zero attached hydrogens (tertiary/aromatic N) is 2. The van der Waals surface area contributed by atoms with E-state index in [1.54, 1.807) is 24.3 Å². The van der Waals surface area contributed by atoms with E-state index in [-0.39, 0.29) is 49.1 Å². The molecule has 47 heavy (non-hydrogen) atoms. The third-order valence-electron chi connectivity index (χ3n) is 8.59. The second kappa shape index (κ2) is 11.8. The van der Waals surface area contributed by atoms with Crippen molar-refractivity contribution in [2.24, 2.45) is 5.92 Å². The van der Waals surface area contributed by atoms with E-state index >= 15 is 0 Å². The standard InChI is InChI=1S/C31H28F3N5O6S.ClH/c1-2-17-14-30(17,29(41)39-46(42,43)20-11-12-20)38-27(40)22-13-19(15-35-22)44-28-25-24(21-5-3-4-6-23(21)45-25)36-26(37-28)16-7-9-18(10-8-16)31(32,33)34;/h2-10,17,19-20,22,35H,1,11-15H2,(H,38,40)(H,39,41);1H/t17-,19-,22+,30?;/m1./s1. The molecule has 11 nitrogen and oxygen atoms in total. The van der Waals surface area contributed by atoms with Crippen LogP contribution in [0.15, 0.2) is 65.6 Å². The first-order valence-corrected chi connectivity index (χ1v) is 16.2. The van der Waals surface area contributed by atoms with Gasteiger partial charge >= 0.3 is 6.18 Å². The zero-order valence-corrected chi connectivity index (χ0v) is 26.2. The fourth-order valence-corrected chi connectivity index (χ4v) is 7.12. The largest absolute Gasteiger partial charge is 0.470 e. The summed E-state index contributed by atoms with van der Waals surface area (Å²) in [5.41, 5.74) is -0.723. The fourth-order valence-electron chi connectivity index (χ4n) is 5.76. The van der Waals surface area contributed by atoms with Crippen molar-refractivity contribution in [3.8, 4) is 17.3 Å². The summed E-state index contributed by atoms with van der Waals surface area (Å²) in [4.78, 5) is 35.5. The second-order valence-corrected chi connectivity index (χ2v) is 13.8. The van der Waals surface area contributed by atoms with E-state index in [1.165, 1.54) is 18.2 Å². The van der Waals surface area contributed by atoms with Gasteiger partial charge in [0.05, 0.1) is 16.9 Å². The zero-order chi connectivity index (χ0) is 32.4. The number of amides is 2. The number of alkyl halides is 3. The lowest BCUT2D eigenvalue weighted by atomic mass is 10.1. The third-order valence-corrected chi connectivity index (χ3v) is 10.4. The first-order chi connectivity index (χ1) is 21.9. The highest BCUT2D eigenvalue weighted by Gasteiger charge is 2.61. The molecule has 2 aromatic heterocycles. The van der Waals surface area contributed by atoms with Crippen LogP contribution in [0.3, 0.4) is 0 Å². The van der Waals surface area contributed by atoms with Gasteiger partial charge < -0.3 is 19.8 Å². The van der Waals surface area contributed by atoms with Crippen molar-refractivity contribution in [1.29, 1.82) is 0 Å². The van der Waals surface area contributed by atoms with Crippen LogP contribution < -0.4 is 20.1 Å². The molecular formula is C31H29ClF3N5O6S. The van der Waals surface area contributed by atoms with Crippen molar-refractivity contribution >= 4 is 56.3 Å². The third kappa shape index (κ3) is 6.14. The minimum Gasteiger partial charge on any atom is -0.470 e. The molecule has 2 aromatic carbocycles. The molecule has 0 bridgehead atoms. The number of halogens is 4. The lowest BCUT2D eigenvalue weighted by Crippen LogP contribution is -2.55. The van der Waals surface area contributed by atoms with Crippen LogP contribution in [0.1, 0.15) is 31.2 Å². The molecule has 7 rings (SSSR count). The summed E-state index contributed by atoms with van der Waals surface area (Å²) in [5, 5.41) is 5.88. The number of carbonyl (C=O) groups is 2. The first kappa shape index (κ1) is 32.7. The Bertz CT molecular complexity index is 2000. The Labute approximate surface area is 272 Å². The molecule has 3 aliphatic rings. The van der Waals surface area contributed by atoms with E-state index < -0.39 is 62.4 Å². The molecule has 1 aliphatic heterocycles. The van der Waals surface area contributed by atoms with Gasteiger partial charge in [-0.2, -0.15) is 18.2 Å². The van der Waals surface area contributed by atoms with Gasteiger partial charge in [0.2, 0.25) is 21.5 Å². The van der Waals surface area contributed by atoms with Crippen LogP contribution in [0, 0.1) is 5.92 Å². The summed E-state index contributed by atoms with van der Waals surface area (Å²) >= 11 is 0. The number of benzene rings is 2. The quantitative estimate of drug-likeness (QED) is 0.219. The number of furan rings is 1. The van der Waals surface area contributed by atoms with E-state index in [0.29, 0.717) is 34.9 Å². The summed E-state index contributed by atoms with van der Waals surface area (Å²) in [6.07, 6.45) is -2.21. The van der Waals surface area contributed by atoms with Crippen LogP contribution in [0.5, 0.6) is 5.88 Å².